The maximum absolute atomic E-state index is 10.6. The first-order valence-electron chi connectivity index (χ1n) is 4.41. The van der Waals surface area contributed by atoms with Gasteiger partial charge in [0, 0.05) is 16.6 Å². The second-order valence-electron chi connectivity index (χ2n) is 3.18. The molecule has 0 radical (unpaired) electrons. The molecule has 1 rings (SSSR count). The Bertz CT molecular complexity index is 368. The third kappa shape index (κ3) is 3.70. The molecule has 1 aromatic rings. The van der Waals surface area contributed by atoms with Crippen LogP contribution in [0.4, 0.5) is 0 Å². The average molecular weight is 248 g/mol. The van der Waals surface area contributed by atoms with E-state index in [0.717, 1.165) is 5.56 Å². The number of aliphatic carboxylic acids is 1. The van der Waals surface area contributed by atoms with Crippen LogP contribution >= 0.6 is 23.2 Å². The molecule has 0 aliphatic carbocycles. The first-order chi connectivity index (χ1) is 7.00. The fourth-order valence-corrected chi connectivity index (χ4v) is 1.41. The van der Waals surface area contributed by atoms with E-state index in [0.29, 0.717) is 16.6 Å². The predicted molar refractivity (Wildman–Crippen MR) is 60.4 cm³/mol. The molecule has 0 spiro atoms. The third-order valence-corrected chi connectivity index (χ3v) is 2.58. The lowest BCUT2D eigenvalue weighted by Gasteiger charge is -2.10. The topological polar surface area (TPSA) is 49.3 Å². The lowest BCUT2D eigenvalue weighted by molar-refractivity contribution is -0.139. The summed E-state index contributed by atoms with van der Waals surface area (Å²) in [6, 6.07) is 4.48. The van der Waals surface area contributed by atoms with Crippen LogP contribution < -0.4 is 5.32 Å². The Hall–Kier alpha value is -0.770. The van der Waals surface area contributed by atoms with Gasteiger partial charge in [0.05, 0.1) is 0 Å². The van der Waals surface area contributed by atoms with Gasteiger partial charge in [-0.15, -0.1) is 0 Å². The summed E-state index contributed by atoms with van der Waals surface area (Å²) in [6.07, 6.45) is 0. The van der Waals surface area contributed by atoms with Crippen molar-refractivity contribution in [2.24, 2.45) is 0 Å². The smallest absolute Gasteiger partial charge is 0.320 e. The summed E-state index contributed by atoms with van der Waals surface area (Å²) in [5, 5.41) is 12.6. The van der Waals surface area contributed by atoms with Gasteiger partial charge in [-0.3, -0.25) is 4.79 Å². The minimum atomic E-state index is -0.895. The molecule has 0 aliphatic rings. The molecule has 82 valence electrons. The summed E-state index contributed by atoms with van der Waals surface area (Å²) >= 11 is 11.7. The highest BCUT2D eigenvalue weighted by Gasteiger charge is 2.10. The van der Waals surface area contributed by atoms with Crippen LogP contribution in [0.5, 0.6) is 0 Å². The van der Waals surface area contributed by atoms with Crippen molar-refractivity contribution in [1.82, 2.24) is 5.32 Å². The van der Waals surface area contributed by atoms with Gasteiger partial charge in [-0.2, -0.15) is 0 Å². The van der Waals surface area contributed by atoms with Crippen LogP contribution in [-0.4, -0.2) is 17.1 Å². The average Bonchev–Trinajstić information content (AvgIpc) is 2.18. The van der Waals surface area contributed by atoms with Crippen molar-refractivity contribution in [3.63, 3.8) is 0 Å². The summed E-state index contributed by atoms with van der Waals surface area (Å²) in [7, 11) is 0. The summed E-state index contributed by atoms with van der Waals surface area (Å²) in [5.74, 6) is -0.895. The van der Waals surface area contributed by atoms with Gasteiger partial charge in [0.25, 0.3) is 0 Å². The minimum absolute atomic E-state index is 0.382. The summed E-state index contributed by atoms with van der Waals surface area (Å²) in [4.78, 5) is 10.6. The van der Waals surface area contributed by atoms with Crippen molar-refractivity contribution in [2.45, 2.75) is 19.5 Å². The highest BCUT2D eigenvalue weighted by molar-refractivity contribution is 6.33. The van der Waals surface area contributed by atoms with E-state index >= 15 is 0 Å². The fourth-order valence-electron chi connectivity index (χ4n) is 1.03. The number of benzene rings is 1. The van der Waals surface area contributed by atoms with Crippen LogP contribution in [0.25, 0.3) is 0 Å². The van der Waals surface area contributed by atoms with Crippen LogP contribution in [0.3, 0.4) is 0 Å². The molecule has 1 unspecified atom stereocenters. The van der Waals surface area contributed by atoms with E-state index < -0.39 is 12.0 Å². The number of nitrogens with one attached hydrogen (secondary N) is 1. The van der Waals surface area contributed by atoms with Gasteiger partial charge in [0.2, 0.25) is 0 Å². The lowest BCUT2D eigenvalue weighted by atomic mass is 10.2. The molecule has 0 saturated carbocycles. The molecule has 0 fully saturated rings. The monoisotopic (exact) mass is 247 g/mol. The summed E-state index contributed by atoms with van der Waals surface area (Å²) in [5.41, 5.74) is 0.789. The molecule has 0 heterocycles. The van der Waals surface area contributed by atoms with Crippen molar-refractivity contribution >= 4 is 29.2 Å². The normalized spacial score (nSPS) is 12.5. The van der Waals surface area contributed by atoms with E-state index in [2.05, 4.69) is 5.32 Å². The number of halogens is 2. The van der Waals surface area contributed by atoms with Crippen molar-refractivity contribution < 1.29 is 9.90 Å². The van der Waals surface area contributed by atoms with E-state index in [-0.39, 0.29) is 0 Å². The maximum atomic E-state index is 10.6. The molecular weight excluding hydrogens is 237 g/mol. The van der Waals surface area contributed by atoms with Crippen molar-refractivity contribution in [3.05, 3.63) is 33.8 Å². The van der Waals surface area contributed by atoms with E-state index in [4.69, 9.17) is 28.3 Å². The molecule has 1 atom stereocenters. The standard InChI is InChI=1S/C10H11Cl2NO2/c1-6(10(14)15)13-5-7-4-8(11)2-3-9(7)12/h2-4,6,13H,5H2,1H3,(H,14,15). The Balaban J connectivity index is 2.65. The van der Waals surface area contributed by atoms with E-state index in [1.807, 2.05) is 0 Å². The minimum Gasteiger partial charge on any atom is -0.480 e. The first-order valence-corrected chi connectivity index (χ1v) is 5.16. The predicted octanol–water partition coefficient (Wildman–Crippen LogP) is 2.56. The van der Waals surface area contributed by atoms with Gasteiger partial charge < -0.3 is 10.4 Å². The number of carbonyl (C=O) groups is 1. The number of carboxylic acids is 1. The molecule has 0 aliphatic heterocycles. The van der Waals surface area contributed by atoms with Gasteiger partial charge in [-0.1, -0.05) is 23.2 Å². The van der Waals surface area contributed by atoms with E-state index in [1.54, 1.807) is 25.1 Å². The van der Waals surface area contributed by atoms with Crippen molar-refractivity contribution in [1.29, 1.82) is 0 Å². The maximum Gasteiger partial charge on any atom is 0.320 e. The first kappa shape index (κ1) is 12.3. The number of carboxylic acid groups (broad SMARTS) is 1. The zero-order valence-corrected chi connectivity index (χ0v) is 9.64. The van der Waals surface area contributed by atoms with Gasteiger partial charge >= 0.3 is 5.97 Å². The van der Waals surface area contributed by atoms with Crippen LogP contribution in [-0.2, 0) is 11.3 Å². The Morgan fingerprint density at radius 2 is 2.20 bits per heavy atom. The Labute approximate surface area is 98.0 Å². The lowest BCUT2D eigenvalue weighted by Crippen LogP contribution is -2.33. The second kappa shape index (κ2) is 5.35. The van der Waals surface area contributed by atoms with Crippen molar-refractivity contribution in [2.75, 3.05) is 0 Å². The molecule has 0 bridgehead atoms. The SMILES string of the molecule is CC(NCc1cc(Cl)ccc1Cl)C(=O)O. The second-order valence-corrected chi connectivity index (χ2v) is 4.02. The highest BCUT2D eigenvalue weighted by atomic mass is 35.5. The number of rotatable bonds is 4. The molecule has 2 N–H and O–H groups in total. The zero-order valence-electron chi connectivity index (χ0n) is 8.13. The highest BCUT2D eigenvalue weighted by Crippen LogP contribution is 2.20. The third-order valence-electron chi connectivity index (χ3n) is 1.98. The quantitative estimate of drug-likeness (QED) is 0.860. The van der Waals surface area contributed by atoms with Gasteiger partial charge in [-0.05, 0) is 30.7 Å². The Kier molecular flexibility index (Phi) is 4.39. The Morgan fingerprint density at radius 3 is 2.80 bits per heavy atom. The fraction of sp³-hybridized carbons (Fsp3) is 0.300. The largest absolute Gasteiger partial charge is 0.480 e. The van der Waals surface area contributed by atoms with Crippen LogP contribution in [0.1, 0.15) is 12.5 Å². The van der Waals surface area contributed by atoms with Crippen LogP contribution in [0, 0.1) is 0 Å². The van der Waals surface area contributed by atoms with Gasteiger partial charge in [0.1, 0.15) is 6.04 Å². The molecular formula is C10H11Cl2NO2. The van der Waals surface area contributed by atoms with E-state index in [9.17, 15) is 4.79 Å². The molecule has 15 heavy (non-hydrogen) atoms. The number of hydrogen-bond donors (Lipinski definition) is 2. The summed E-state index contributed by atoms with van der Waals surface area (Å²) < 4.78 is 0. The van der Waals surface area contributed by atoms with Crippen LogP contribution in [0.15, 0.2) is 18.2 Å². The molecule has 0 aromatic heterocycles. The molecule has 5 heteroatoms. The molecule has 0 amide bonds. The number of hydrogen-bond acceptors (Lipinski definition) is 2. The van der Waals surface area contributed by atoms with Crippen molar-refractivity contribution in [3.8, 4) is 0 Å². The van der Waals surface area contributed by atoms with E-state index in [1.165, 1.54) is 0 Å². The molecule has 1 aromatic carbocycles. The van der Waals surface area contributed by atoms with Gasteiger partial charge in [-0.25, -0.2) is 0 Å². The molecule has 0 saturated heterocycles. The summed E-state index contributed by atoms with van der Waals surface area (Å²) in [6.45, 7) is 1.95. The molecule has 3 nitrogen and oxygen atoms in total. The zero-order chi connectivity index (χ0) is 11.4. The van der Waals surface area contributed by atoms with Crippen LogP contribution in [0.2, 0.25) is 10.0 Å². The Morgan fingerprint density at radius 1 is 1.53 bits per heavy atom. The van der Waals surface area contributed by atoms with Gasteiger partial charge in [0.15, 0.2) is 0 Å².